The summed E-state index contributed by atoms with van der Waals surface area (Å²) in [5.74, 6) is 1.01. The molecule has 3 aromatic rings. The Kier molecular flexibility index (Phi) is 5.38. The number of aryl methyl sites for hydroxylation is 1. The molecule has 0 bridgehead atoms. The van der Waals surface area contributed by atoms with E-state index in [-0.39, 0.29) is 12.5 Å². The van der Waals surface area contributed by atoms with Crippen molar-refractivity contribution < 1.29 is 19.1 Å². The lowest BCUT2D eigenvalue weighted by Gasteiger charge is -2.28. The number of nitrogens with zero attached hydrogens (tertiary/aromatic N) is 1. The van der Waals surface area contributed by atoms with Crippen LogP contribution >= 0.6 is 0 Å². The lowest BCUT2D eigenvalue weighted by Crippen LogP contribution is -2.45. The maximum absolute atomic E-state index is 13.8. The van der Waals surface area contributed by atoms with Gasteiger partial charge in [0, 0.05) is 0 Å². The minimum atomic E-state index is -1.33. The molecule has 0 spiro atoms. The number of carbonyl (C=O) groups is 2. The van der Waals surface area contributed by atoms with Crippen molar-refractivity contribution in [2.45, 2.75) is 19.0 Å². The van der Waals surface area contributed by atoms with Gasteiger partial charge in [-0.1, -0.05) is 54.1 Å². The minimum absolute atomic E-state index is 0.193. The molecule has 3 amide bonds. The Hall–Kier alpha value is -3.80. The molecule has 6 heteroatoms. The average molecular weight is 416 g/mol. The van der Waals surface area contributed by atoms with Crippen LogP contribution in [0.4, 0.5) is 4.79 Å². The third-order valence-electron chi connectivity index (χ3n) is 5.61. The monoisotopic (exact) mass is 416 g/mol. The maximum Gasteiger partial charge on any atom is 0.325 e. The number of methoxy groups -OCH3 is 2. The van der Waals surface area contributed by atoms with Crippen molar-refractivity contribution in [1.82, 2.24) is 10.2 Å². The zero-order valence-electron chi connectivity index (χ0n) is 17.7. The number of hydrogen-bond donors (Lipinski definition) is 1. The van der Waals surface area contributed by atoms with Gasteiger partial charge in [-0.05, 0) is 47.9 Å². The molecule has 1 heterocycles. The molecule has 4 rings (SSSR count). The molecule has 1 aliphatic heterocycles. The van der Waals surface area contributed by atoms with Gasteiger partial charge in [0.25, 0.3) is 5.91 Å². The molecule has 1 saturated heterocycles. The van der Waals surface area contributed by atoms with Crippen molar-refractivity contribution in [2.24, 2.45) is 0 Å². The second-order valence-corrected chi connectivity index (χ2v) is 7.51. The summed E-state index contributed by atoms with van der Waals surface area (Å²) in [5.41, 5.74) is 1.98. The third-order valence-corrected chi connectivity index (χ3v) is 5.61. The summed E-state index contributed by atoms with van der Waals surface area (Å²) in [6.07, 6.45) is 0. The number of urea groups is 1. The van der Waals surface area contributed by atoms with Gasteiger partial charge in [0.15, 0.2) is 5.54 Å². The number of imide groups is 1. The highest BCUT2D eigenvalue weighted by Crippen LogP contribution is 2.38. The smallest absolute Gasteiger partial charge is 0.325 e. The van der Waals surface area contributed by atoms with Crippen LogP contribution in [0.15, 0.2) is 72.8 Å². The first-order chi connectivity index (χ1) is 15.0. The van der Waals surface area contributed by atoms with Crippen molar-refractivity contribution >= 4 is 11.9 Å². The Bertz CT molecular complexity index is 1040. The standard InChI is InChI=1S/C25H24N2O4/c1-17-4-6-18(7-5-17)16-27-23(28)25(26-24(27)29,19-8-12-21(30-2)13-9-19)20-10-14-22(31-3)15-11-20/h4-15H,16H2,1-3H3,(H,26,29). The summed E-state index contributed by atoms with van der Waals surface area (Å²) >= 11 is 0. The van der Waals surface area contributed by atoms with Crippen LogP contribution in [0, 0.1) is 6.92 Å². The highest BCUT2D eigenvalue weighted by atomic mass is 16.5. The van der Waals surface area contributed by atoms with Crippen molar-refractivity contribution in [3.05, 3.63) is 95.1 Å². The molecule has 1 aliphatic rings. The number of ether oxygens (including phenoxy) is 2. The maximum atomic E-state index is 13.8. The van der Waals surface area contributed by atoms with Crippen molar-refractivity contribution in [3.8, 4) is 11.5 Å². The summed E-state index contributed by atoms with van der Waals surface area (Å²) in [6.45, 7) is 2.19. The number of carbonyl (C=O) groups excluding carboxylic acids is 2. The first kappa shape index (κ1) is 20.5. The van der Waals surface area contributed by atoms with Crippen molar-refractivity contribution in [2.75, 3.05) is 14.2 Å². The fourth-order valence-electron chi connectivity index (χ4n) is 3.84. The topological polar surface area (TPSA) is 67.9 Å². The van der Waals surface area contributed by atoms with E-state index in [0.29, 0.717) is 22.6 Å². The van der Waals surface area contributed by atoms with Gasteiger partial charge in [-0.3, -0.25) is 9.69 Å². The molecule has 0 atom stereocenters. The van der Waals surface area contributed by atoms with E-state index >= 15 is 0 Å². The zero-order chi connectivity index (χ0) is 22.0. The molecule has 158 valence electrons. The van der Waals surface area contributed by atoms with Gasteiger partial charge in [0.1, 0.15) is 11.5 Å². The van der Waals surface area contributed by atoms with Crippen molar-refractivity contribution in [3.63, 3.8) is 0 Å². The van der Waals surface area contributed by atoms with Gasteiger partial charge < -0.3 is 14.8 Å². The molecule has 0 unspecified atom stereocenters. The van der Waals surface area contributed by atoms with Crippen LogP contribution in [0.2, 0.25) is 0 Å². The SMILES string of the molecule is COc1ccc(C2(c3ccc(OC)cc3)NC(=O)N(Cc3ccc(C)cc3)C2=O)cc1. The average Bonchev–Trinajstić information content (AvgIpc) is 3.06. The van der Waals surface area contributed by atoms with Gasteiger partial charge in [-0.25, -0.2) is 4.79 Å². The Morgan fingerprint density at radius 1 is 0.774 bits per heavy atom. The largest absolute Gasteiger partial charge is 0.497 e. The normalized spacial score (nSPS) is 15.0. The fourth-order valence-corrected chi connectivity index (χ4v) is 3.84. The highest BCUT2D eigenvalue weighted by Gasteiger charge is 2.53. The predicted octanol–water partition coefficient (Wildman–Crippen LogP) is 4.01. The Morgan fingerprint density at radius 3 is 1.71 bits per heavy atom. The van der Waals surface area contributed by atoms with Crippen LogP contribution in [0.1, 0.15) is 22.3 Å². The molecule has 1 fully saturated rings. The van der Waals surface area contributed by atoms with Gasteiger partial charge >= 0.3 is 6.03 Å². The first-order valence-corrected chi connectivity index (χ1v) is 9.96. The number of amides is 3. The van der Waals surface area contributed by atoms with Crippen molar-refractivity contribution in [1.29, 1.82) is 0 Å². The van der Waals surface area contributed by atoms with Gasteiger partial charge in [-0.15, -0.1) is 0 Å². The lowest BCUT2D eigenvalue weighted by molar-refractivity contribution is -0.130. The molecule has 0 radical (unpaired) electrons. The van der Waals surface area contributed by atoms with E-state index in [9.17, 15) is 9.59 Å². The van der Waals surface area contributed by atoms with Gasteiger partial charge in [0.2, 0.25) is 0 Å². The van der Waals surface area contributed by atoms with E-state index in [1.165, 1.54) is 4.90 Å². The molecule has 0 aliphatic carbocycles. The second-order valence-electron chi connectivity index (χ2n) is 7.51. The van der Waals surface area contributed by atoms with E-state index in [1.807, 2.05) is 31.2 Å². The molecular formula is C25H24N2O4. The number of rotatable bonds is 6. The molecule has 0 aromatic heterocycles. The molecule has 6 nitrogen and oxygen atoms in total. The van der Waals surface area contributed by atoms with Crippen LogP contribution in [-0.4, -0.2) is 31.1 Å². The summed E-state index contributed by atoms with van der Waals surface area (Å²) in [6, 6.07) is 21.7. The second kappa shape index (κ2) is 8.14. The highest BCUT2D eigenvalue weighted by molar-refractivity contribution is 6.09. The summed E-state index contributed by atoms with van der Waals surface area (Å²) in [4.78, 5) is 28.1. The summed E-state index contributed by atoms with van der Waals surface area (Å²) in [5, 5.41) is 2.96. The van der Waals surface area contributed by atoms with Crippen LogP contribution in [0.5, 0.6) is 11.5 Å². The van der Waals surface area contributed by atoms with Crippen LogP contribution in [-0.2, 0) is 16.9 Å². The molecule has 0 saturated carbocycles. The lowest BCUT2D eigenvalue weighted by atomic mass is 9.82. The van der Waals surface area contributed by atoms with E-state index in [0.717, 1.165) is 11.1 Å². The summed E-state index contributed by atoms with van der Waals surface area (Å²) < 4.78 is 10.5. The van der Waals surface area contributed by atoms with E-state index in [2.05, 4.69) is 5.32 Å². The van der Waals surface area contributed by atoms with Crippen LogP contribution in [0.25, 0.3) is 0 Å². The van der Waals surface area contributed by atoms with Gasteiger partial charge in [-0.2, -0.15) is 0 Å². The molecule has 3 aromatic carbocycles. The molecule has 31 heavy (non-hydrogen) atoms. The Labute approximate surface area is 181 Å². The quantitative estimate of drug-likeness (QED) is 0.617. The number of nitrogens with one attached hydrogen (secondary N) is 1. The number of benzene rings is 3. The van der Waals surface area contributed by atoms with Crippen LogP contribution in [0.3, 0.4) is 0 Å². The van der Waals surface area contributed by atoms with Crippen LogP contribution < -0.4 is 14.8 Å². The van der Waals surface area contributed by atoms with E-state index < -0.39 is 11.6 Å². The Balaban J connectivity index is 1.78. The number of hydrogen-bond acceptors (Lipinski definition) is 4. The molecule has 1 N–H and O–H groups in total. The Morgan fingerprint density at radius 2 is 1.26 bits per heavy atom. The fraction of sp³-hybridized carbons (Fsp3) is 0.200. The van der Waals surface area contributed by atoms with E-state index in [1.54, 1.807) is 62.8 Å². The first-order valence-electron chi connectivity index (χ1n) is 9.96. The summed E-state index contributed by atoms with van der Waals surface area (Å²) in [7, 11) is 3.17. The van der Waals surface area contributed by atoms with E-state index in [4.69, 9.17) is 9.47 Å². The minimum Gasteiger partial charge on any atom is -0.497 e. The van der Waals surface area contributed by atoms with Gasteiger partial charge in [0.05, 0.1) is 20.8 Å². The predicted molar refractivity (Wildman–Crippen MR) is 117 cm³/mol. The third kappa shape index (κ3) is 3.61. The zero-order valence-corrected chi connectivity index (χ0v) is 17.7. The molecular weight excluding hydrogens is 392 g/mol.